The monoisotopic (exact) mass is 273 g/mol. The highest BCUT2D eigenvalue weighted by molar-refractivity contribution is 5.29. The van der Waals surface area contributed by atoms with E-state index in [1.54, 1.807) is 13.4 Å². The SMILES string of the molecule is CCCNC(Cc1cccc(OC)c1)Cc1ccco1. The molecule has 108 valence electrons. The lowest BCUT2D eigenvalue weighted by atomic mass is 10.0. The van der Waals surface area contributed by atoms with Crippen molar-refractivity contribution in [1.29, 1.82) is 0 Å². The molecule has 0 bridgehead atoms. The highest BCUT2D eigenvalue weighted by Crippen LogP contribution is 2.15. The van der Waals surface area contributed by atoms with Crippen LogP contribution in [-0.4, -0.2) is 19.7 Å². The number of ether oxygens (including phenoxy) is 1. The first-order chi connectivity index (χ1) is 9.81. The molecular weight excluding hydrogens is 250 g/mol. The van der Waals surface area contributed by atoms with Gasteiger partial charge in [-0.05, 0) is 49.2 Å². The molecule has 1 aromatic carbocycles. The maximum absolute atomic E-state index is 5.46. The van der Waals surface area contributed by atoms with Crippen LogP contribution < -0.4 is 10.1 Å². The second kappa shape index (κ2) is 7.75. The number of nitrogens with one attached hydrogen (secondary N) is 1. The van der Waals surface area contributed by atoms with Gasteiger partial charge in [-0.15, -0.1) is 0 Å². The minimum atomic E-state index is 0.383. The van der Waals surface area contributed by atoms with Crippen molar-refractivity contribution >= 4 is 0 Å². The van der Waals surface area contributed by atoms with E-state index in [0.717, 1.165) is 37.3 Å². The van der Waals surface area contributed by atoms with Crippen LogP contribution in [0.5, 0.6) is 5.75 Å². The number of furan rings is 1. The molecule has 0 aliphatic carbocycles. The third kappa shape index (κ3) is 4.42. The quantitative estimate of drug-likeness (QED) is 0.800. The van der Waals surface area contributed by atoms with Crippen molar-refractivity contribution in [1.82, 2.24) is 5.32 Å². The van der Waals surface area contributed by atoms with Crippen LogP contribution in [0.15, 0.2) is 47.1 Å². The molecule has 0 amide bonds. The van der Waals surface area contributed by atoms with Crippen LogP contribution in [0.1, 0.15) is 24.7 Å². The van der Waals surface area contributed by atoms with Crippen molar-refractivity contribution in [3.05, 3.63) is 54.0 Å². The maximum Gasteiger partial charge on any atom is 0.119 e. The Balaban J connectivity index is 2.02. The molecule has 0 saturated carbocycles. The van der Waals surface area contributed by atoms with Gasteiger partial charge in [0.1, 0.15) is 11.5 Å². The number of hydrogen-bond acceptors (Lipinski definition) is 3. The molecule has 0 radical (unpaired) electrons. The summed E-state index contributed by atoms with van der Waals surface area (Å²) in [6, 6.07) is 12.6. The largest absolute Gasteiger partial charge is 0.497 e. The number of hydrogen-bond donors (Lipinski definition) is 1. The first kappa shape index (κ1) is 14.7. The van der Waals surface area contributed by atoms with E-state index >= 15 is 0 Å². The molecule has 2 rings (SSSR count). The summed E-state index contributed by atoms with van der Waals surface area (Å²) in [4.78, 5) is 0. The molecule has 3 heteroatoms. The molecule has 0 fully saturated rings. The van der Waals surface area contributed by atoms with Gasteiger partial charge in [-0.1, -0.05) is 19.1 Å². The predicted molar refractivity (Wildman–Crippen MR) is 81.2 cm³/mol. The Hall–Kier alpha value is -1.74. The Morgan fingerprint density at radius 3 is 2.80 bits per heavy atom. The van der Waals surface area contributed by atoms with Crippen molar-refractivity contribution < 1.29 is 9.15 Å². The van der Waals surface area contributed by atoms with Crippen LogP contribution in [0.3, 0.4) is 0 Å². The summed E-state index contributed by atoms with van der Waals surface area (Å²) in [7, 11) is 1.70. The number of benzene rings is 1. The average Bonchev–Trinajstić information content (AvgIpc) is 2.98. The molecule has 2 aromatic rings. The molecule has 1 atom stereocenters. The zero-order valence-electron chi connectivity index (χ0n) is 12.3. The maximum atomic E-state index is 5.46. The van der Waals surface area contributed by atoms with Crippen LogP contribution in [0.25, 0.3) is 0 Å². The highest BCUT2D eigenvalue weighted by Gasteiger charge is 2.12. The second-order valence-corrected chi connectivity index (χ2v) is 4.99. The van der Waals surface area contributed by atoms with Gasteiger partial charge in [0.15, 0.2) is 0 Å². The Bertz CT molecular complexity index is 493. The fourth-order valence-corrected chi connectivity index (χ4v) is 2.32. The van der Waals surface area contributed by atoms with Crippen molar-refractivity contribution in [2.24, 2.45) is 0 Å². The van der Waals surface area contributed by atoms with E-state index in [1.807, 2.05) is 24.3 Å². The van der Waals surface area contributed by atoms with Crippen LogP contribution in [0, 0.1) is 0 Å². The topological polar surface area (TPSA) is 34.4 Å². The summed E-state index contributed by atoms with van der Waals surface area (Å²) < 4.78 is 10.7. The standard InChI is InChI=1S/C17H23NO2/c1-3-9-18-15(13-17-8-5-10-20-17)11-14-6-4-7-16(12-14)19-2/h4-8,10,12,15,18H,3,9,11,13H2,1-2H3. The Morgan fingerprint density at radius 2 is 2.10 bits per heavy atom. The first-order valence-corrected chi connectivity index (χ1v) is 7.20. The van der Waals surface area contributed by atoms with Crippen molar-refractivity contribution in [3.8, 4) is 5.75 Å². The number of methoxy groups -OCH3 is 1. The van der Waals surface area contributed by atoms with E-state index in [4.69, 9.17) is 9.15 Å². The van der Waals surface area contributed by atoms with Crippen LogP contribution >= 0.6 is 0 Å². The normalized spacial score (nSPS) is 12.3. The molecule has 0 saturated heterocycles. The Morgan fingerprint density at radius 1 is 1.20 bits per heavy atom. The molecule has 1 aromatic heterocycles. The summed E-state index contributed by atoms with van der Waals surface area (Å²) in [5.74, 6) is 1.94. The van der Waals surface area contributed by atoms with Crippen molar-refractivity contribution in [2.75, 3.05) is 13.7 Å². The smallest absolute Gasteiger partial charge is 0.119 e. The molecule has 0 aliphatic heterocycles. The van der Waals surface area contributed by atoms with E-state index in [0.29, 0.717) is 6.04 Å². The lowest BCUT2D eigenvalue weighted by Gasteiger charge is -2.18. The highest BCUT2D eigenvalue weighted by atomic mass is 16.5. The molecule has 20 heavy (non-hydrogen) atoms. The third-order valence-corrected chi connectivity index (χ3v) is 3.33. The summed E-state index contributed by atoms with van der Waals surface area (Å²) in [5.41, 5.74) is 1.28. The summed E-state index contributed by atoms with van der Waals surface area (Å²) in [6.07, 6.45) is 4.74. The zero-order valence-corrected chi connectivity index (χ0v) is 12.3. The van der Waals surface area contributed by atoms with E-state index in [2.05, 4.69) is 24.4 Å². The molecule has 0 spiro atoms. The first-order valence-electron chi connectivity index (χ1n) is 7.20. The van der Waals surface area contributed by atoms with Gasteiger partial charge in [-0.25, -0.2) is 0 Å². The van der Waals surface area contributed by atoms with Gasteiger partial charge in [0.25, 0.3) is 0 Å². The van der Waals surface area contributed by atoms with Gasteiger partial charge < -0.3 is 14.5 Å². The Kier molecular flexibility index (Phi) is 5.69. The minimum Gasteiger partial charge on any atom is -0.497 e. The fourth-order valence-electron chi connectivity index (χ4n) is 2.32. The summed E-state index contributed by atoms with van der Waals surface area (Å²) in [5, 5.41) is 3.59. The van der Waals surface area contributed by atoms with Gasteiger partial charge >= 0.3 is 0 Å². The van der Waals surface area contributed by atoms with E-state index in [-0.39, 0.29) is 0 Å². The van der Waals surface area contributed by atoms with Crippen LogP contribution in [0.2, 0.25) is 0 Å². The van der Waals surface area contributed by atoms with E-state index in [1.165, 1.54) is 5.56 Å². The molecule has 3 nitrogen and oxygen atoms in total. The van der Waals surface area contributed by atoms with E-state index in [9.17, 15) is 0 Å². The molecular formula is C17H23NO2. The minimum absolute atomic E-state index is 0.383. The molecule has 1 N–H and O–H groups in total. The third-order valence-electron chi connectivity index (χ3n) is 3.33. The lowest BCUT2D eigenvalue weighted by Crippen LogP contribution is -2.33. The summed E-state index contributed by atoms with van der Waals surface area (Å²) >= 11 is 0. The lowest BCUT2D eigenvalue weighted by molar-refractivity contribution is 0.412. The predicted octanol–water partition coefficient (Wildman–Crippen LogP) is 3.44. The summed E-state index contributed by atoms with van der Waals surface area (Å²) in [6.45, 7) is 3.21. The van der Waals surface area contributed by atoms with Gasteiger partial charge in [-0.3, -0.25) is 0 Å². The van der Waals surface area contributed by atoms with Gasteiger partial charge in [0, 0.05) is 12.5 Å². The Labute approximate surface area is 121 Å². The molecule has 1 unspecified atom stereocenters. The zero-order chi connectivity index (χ0) is 14.2. The van der Waals surface area contributed by atoms with E-state index < -0.39 is 0 Å². The van der Waals surface area contributed by atoms with Crippen LogP contribution in [0.4, 0.5) is 0 Å². The number of rotatable bonds is 8. The molecule has 0 aliphatic rings. The van der Waals surface area contributed by atoms with Gasteiger partial charge in [0.2, 0.25) is 0 Å². The average molecular weight is 273 g/mol. The van der Waals surface area contributed by atoms with Crippen molar-refractivity contribution in [3.63, 3.8) is 0 Å². The second-order valence-electron chi connectivity index (χ2n) is 4.99. The van der Waals surface area contributed by atoms with Gasteiger partial charge in [-0.2, -0.15) is 0 Å². The molecule has 1 heterocycles. The fraction of sp³-hybridized carbons (Fsp3) is 0.412. The van der Waals surface area contributed by atoms with Gasteiger partial charge in [0.05, 0.1) is 13.4 Å². The van der Waals surface area contributed by atoms with Crippen LogP contribution in [-0.2, 0) is 12.8 Å². The van der Waals surface area contributed by atoms with Crippen molar-refractivity contribution in [2.45, 2.75) is 32.2 Å².